The minimum absolute atomic E-state index is 0.107. The highest BCUT2D eigenvalue weighted by Crippen LogP contribution is 2.23. The molecular formula is C26H27N3O2S. The number of aromatic nitrogens is 1. The van der Waals surface area contributed by atoms with Crippen molar-refractivity contribution in [3.8, 4) is 0 Å². The summed E-state index contributed by atoms with van der Waals surface area (Å²) < 4.78 is 0. The van der Waals surface area contributed by atoms with Crippen LogP contribution in [0.4, 0.5) is 5.13 Å². The number of hydrogen-bond donors (Lipinski definition) is 1. The summed E-state index contributed by atoms with van der Waals surface area (Å²) in [5, 5.41) is 5.13. The van der Waals surface area contributed by atoms with Gasteiger partial charge in [-0.2, -0.15) is 0 Å². The number of likely N-dealkylation sites (tertiary alicyclic amines) is 1. The van der Waals surface area contributed by atoms with Gasteiger partial charge in [-0.05, 0) is 42.4 Å². The molecule has 2 aromatic carbocycles. The van der Waals surface area contributed by atoms with Crippen molar-refractivity contribution < 1.29 is 9.59 Å². The highest BCUT2D eigenvalue weighted by Gasteiger charge is 2.23. The van der Waals surface area contributed by atoms with E-state index in [9.17, 15) is 9.59 Å². The fourth-order valence-electron chi connectivity index (χ4n) is 3.93. The van der Waals surface area contributed by atoms with Gasteiger partial charge in [-0.15, -0.1) is 11.3 Å². The highest BCUT2D eigenvalue weighted by atomic mass is 32.1. The van der Waals surface area contributed by atoms with E-state index in [1.54, 1.807) is 6.08 Å². The number of benzene rings is 2. The molecule has 6 heteroatoms. The fraction of sp³-hybridized carbons (Fsp3) is 0.269. The fourth-order valence-corrected chi connectivity index (χ4v) is 4.64. The van der Waals surface area contributed by atoms with Crippen LogP contribution in [0.5, 0.6) is 0 Å². The molecule has 5 nitrogen and oxygen atoms in total. The standard InChI is InChI=1S/C26H27N3O2S/c30-24(12-11-20-7-3-1-4-8-20)28-26-27-23(19-32-26)18-25(31)29-15-13-22(14-16-29)17-21-9-5-2-6-10-21/h1-12,19,22H,13-18H2,(H,27,28,30)/b12-11+. The average molecular weight is 446 g/mol. The van der Waals surface area contributed by atoms with Crippen LogP contribution in [0.25, 0.3) is 6.08 Å². The zero-order valence-electron chi connectivity index (χ0n) is 17.9. The number of hydrogen-bond acceptors (Lipinski definition) is 4. The number of amides is 2. The van der Waals surface area contributed by atoms with Gasteiger partial charge in [-0.3, -0.25) is 14.9 Å². The van der Waals surface area contributed by atoms with E-state index in [4.69, 9.17) is 0 Å². The molecule has 2 amide bonds. The first-order valence-corrected chi connectivity index (χ1v) is 11.8. The second-order valence-electron chi connectivity index (χ2n) is 8.07. The molecule has 1 saturated heterocycles. The van der Waals surface area contributed by atoms with Gasteiger partial charge in [-0.1, -0.05) is 60.7 Å². The van der Waals surface area contributed by atoms with Crippen LogP contribution in [0, 0.1) is 5.92 Å². The van der Waals surface area contributed by atoms with Crippen LogP contribution in [0.3, 0.4) is 0 Å². The van der Waals surface area contributed by atoms with Crippen LogP contribution in [0.15, 0.2) is 72.1 Å². The van der Waals surface area contributed by atoms with Crippen molar-refractivity contribution >= 4 is 34.4 Å². The Kier molecular flexibility index (Phi) is 7.46. The van der Waals surface area contributed by atoms with E-state index in [2.05, 4.69) is 34.6 Å². The molecule has 1 aliphatic heterocycles. The Morgan fingerprint density at radius 2 is 1.72 bits per heavy atom. The molecule has 0 radical (unpaired) electrons. The predicted molar refractivity (Wildman–Crippen MR) is 129 cm³/mol. The molecule has 3 aromatic rings. The molecule has 0 unspecified atom stereocenters. The Labute approximate surface area is 192 Å². The third-order valence-corrected chi connectivity index (χ3v) is 6.48. The second kappa shape index (κ2) is 10.9. The SMILES string of the molecule is O=C(/C=C/c1ccccc1)Nc1nc(CC(=O)N2CCC(Cc3ccccc3)CC2)cs1. The quantitative estimate of drug-likeness (QED) is 0.531. The van der Waals surface area contributed by atoms with Crippen LogP contribution >= 0.6 is 11.3 Å². The third-order valence-electron chi connectivity index (χ3n) is 5.68. The molecule has 0 saturated carbocycles. The Morgan fingerprint density at radius 1 is 1.03 bits per heavy atom. The molecule has 164 valence electrons. The zero-order valence-corrected chi connectivity index (χ0v) is 18.8. The van der Waals surface area contributed by atoms with Gasteiger partial charge in [0.25, 0.3) is 0 Å². The Morgan fingerprint density at radius 3 is 2.44 bits per heavy atom. The summed E-state index contributed by atoms with van der Waals surface area (Å²) in [6, 6.07) is 20.2. The maximum atomic E-state index is 12.7. The summed E-state index contributed by atoms with van der Waals surface area (Å²) in [6.45, 7) is 1.60. The number of thiazole rings is 1. The van der Waals surface area contributed by atoms with E-state index < -0.39 is 0 Å². The molecule has 1 aromatic heterocycles. The van der Waals surface area contributed by atoms with Crippen molar-refractivity contribution in [1.82, 2.24) is 9.88 Å². The van der Waals surface area contributed by atoms with Crippen molar-refractivity contribution in [2.75, 3.05) is 18.4 Å². The minimum Gasteiger partial charge on any atom is -0.342 e. The second-order valence-corrected chi connectivity index (χ2v) is 8.93. The normalized spacial score (nSPS) is 14.6. The van der Waals surface area contributed by atoms with Crippen molar-refractivity contribution in [3.63, 3.8) is 0 Å². The molecule has 2 heterocycles. The highest BCUT2D eigenvalue weighted by molar-refractivity contribution is 7.14. The molecule has 0 spiro atoms. The lowest BCUT2D eigenvalue weighted by Crippen LogP contribution is -2.39. The van der Waals surface area contributed by atoms with E-state index in [1.165, 1.54) is 23.0 Å². The summed E-state index contributed by atoms with van der Waals surface area (Å²) in [7, 11) is 0. The number of nitrogens with one attached hydrogen (secondary N) is 1. The number of rotatable bonds is 7. The maximum absolute atomic E-state index is 12.7. The molecule has 0 bridgehead atoms. The number of nitrogens with zero attached hydrogens (tertiary/aromatic N) is 2. The third kappa shape index (κ3) is 6.37. The molecule has 1 aliphatic rings. The van der Waals surface area contributed by atoms with Gasteiger partial charge in [0.1, 0.15) is 0 Å². The first-order valence-electron chi connectivity index (χ1n) is 11.0. The lowest BCUT2D eigenvalue weighted by molar-refractivity contribution is -0.131. The molecule has 1 N–H and O–H groups in total. The minimum atomic E-state index is -0.235. The topological polar surface area (TPSA) is 62.3 Å². The van der Waals surface area contributed by atoms with Gasteiger partial charge < -0.3 is 4.90 Å². The van der Waals surface area contributed by atoms with Crippen LogP contribution < -0.4 is 5.32 Å². The van der Waals surface area contributed by atoms with Gasteiger partial charge in [0.05, 0.1) is 12.1 Å². The van der Waals surface area contributed by atoms with Crippen molar-refractivity contribution in [2.45, 2.75) is 25.7 Å². The number of carbonyl (C=O) groups excluding carboxylic acids is 2. The molecule has 32 heavy (non-hydrogen) atoms. The van der Waals surface area contributed by atoms with Crippen LogP contribution in [-0.2, 0) is 22.4 Å². The van der Waals surface area contributed by atoms with Gasteiger partial charge in [0, 0.05) is 24.5 Å². The summed E-state index contributed by atoms with van der Waals surface area (Å²) in [5.74, 6) is 0.503. The summed E-state index contributed by atoms with van der Waals surface area (Å²) in [5.41, 5.74) is 3.03. The van der Waals surface area contributed by atoms with Crippen molar-refractivity contribution in [2.24, 2.45) is 5.92 Å². The van der Waals surface area contributed by atoms with Crippen LogP contribution in [0.2, 0.25) is 0 Å². The van der Waals surface area contributed by atoms with Gasteiger partial charge in [0.15, 0.2) is 5.13 Å². The Balaban J connectivity index is 1.22. The average Bonchev–Trinajstić information content (AvgIpc) is 3.26. The zero-order chi connectivity index (χ0) is 22.2. The smallest absolute Gasteiger partial charge is 0.250 e. The van der Waals surface area contributed by atoms with E-state index in [-0.39, 0.29) is 18.2 Å². The van der Waals surface area contributed by atoms with Crippen LogP contribution in [-0.4, -0.2) is 34.8 Å². The van der Waals surface area contributed by atoms with E-state index in [1.807, 2.05) is 46.7 Å². The Bertz CT molecular complexity index is 1050. The first-order chi connectivity index (χ1) is 15.7. The first kappa shape index (κ1) is 22.0. The molecule has 0 aliphatic carbocycles. The number of carbonyl (C=O) groups is 2. The van der Waals surface area contributed by atoms with E-state index >= 15 is 0 Å². The van der Waals surface area contributed by atoms with Gasteiger partial charge in [0.2, 0.25) is 11.8 Å². The Hall–Kier alpha value is -3.25. The maximum Gasteiger partial charge on any atom is 0.250 e. The summed E-state index contributed by atoms with van der Waals surface area (Å²) in [6.07, 6.45) is 6.67. The number of anilines is 1. The molecular weight excluding hydrogens is 418 g/mol. The van der Waals surface area contributed by atoms with Gasteiger partial charge in [-0.25, -0.2) is 4.98 Å². The van der Waals surface area contributed by atoms with E-state index in [0.717, 1.165) is 37.9 Å². The van der Waals surface area contributed by atoms with Gasteiger partial charge >= 0.3 is 0 Å². The number of piperidine rings is 1. The largest absolute Gasteiger partial charge is 0.342 e. The predicted octanol–water partition coefficient (Wildman–Crippen LogP) is 4.82. The monoisotopic (exact) mass is 445 g/mol. The summed E-state index contributed by atoms with van der Waals surface area (Å²) >= 11 is 1.34. The van der Waals surface area contributed by atoms with Crippen molar-refractivity contribution in [1.29, 1.82) is 0 Å². The summed E-state index contributed by atoms with van der Waals surface area (Å²) in [4.78, 5) is 31.2. The lowest BCUT2D eigenvalue weighted by atomic mass is 9.90. The van der Waals surface area contributed by atoms with Crippen LogP contribution in [0.1, 0.15) is 29.7 Å². The molecule has 1 fully saturated rings. The lowest BCUT2D eigenvalue weighted by Gasteiger charge is -2.32. The molecule has 0 atom stereocenters. The molecule has 4 rings (SSSR count). The van der Waals surface area contributed by atoms with E-state index in [0.29, 0.717) is 16.7 Å². The van der Waals surface area contributed by atoms with Crippen molar-refractivity contribution in [3.05, 3.63) is 88.9 Å².